The average molecular weight is 749 g/mol. The first-order chi connectivity index (χ1) is 25.4. The van der Waals surface area contributed by atoms with Crippen LogP contribution in [-0.4, -0.2) is 89.3 Å². The Hall–Kier alpha value is -4.35. The molecule has 1 aromatic carbocycles. The van der Waals surface area contributed by atoms with Gasteiger partial charge in [-0.15, -0.1) is 6.58 Å². The number of alkyl carbamates (subject to hydrolysis) is 1. The number of hydrogen-bond acceptors (Lipinski definition) is 8. The molecule has 0 aromatic heterocycles. The van der Waals surface area contributed by atoms with Crippen LogP contribution in [0.4, 0.5) is 4.79 Å². The molecule has 4 rings (SSSR count). The van der Waals surface area contributed by atoms with E-state index >= 15 is 0 Å². The van der Waals surface area contributed by atoms with E-state index in [1.54, 1.807) is 76.2 Å². The van der Waals surface area contributed by atoms with Crippen LogP contribution in [0.25, 0.3) is 0 Å². The number of carbonyl (C=O) groups is 7. The van der Waals surface area contributed by atoms with Crippen LogP contribution in [0.3, 0.4) is 0 Å². The smallest absolute Gasteiger partial charge is 0.408 e. The number of Topliss-reactive ketones (excluding diaryl/α,β-unsaturated/α-hetero) is 3. The zero-order valence-electron chi connectivity index (χ0n) is 33.2. The van der Waals surface area contributed by atoms with Gasteiger partial charge in [0.15, 0.2) is 11.6 Å². The summed E-state index contributed by atoms with van der Waals surface area (Å²) in [6, 6.07) is 6.15. The molecule has 6 atom stereocenters. The van der Waals surface area contributed by atoms with Gasteiger partial charge in [-0.2, -0.15) is 0 Å². The molecule has 12 heteroatoms. The third-order valence-electron chi connectivity index (χ3n) is 11.4. The number of hydrogen-bond donors (Lipinski definition) is 2. The molecule has 1 aliphatic heterocycles. The Morgan fingerprint density at radius 2 is 1.63 bits per heavy atom. The van der Waals surface area contributed by atoms with Gasteiger partial charge in [0.1, 0.15) is 17.7 Å². The van der Waals surface area contributed by atoms with E-state index in [2.05, 4.69) is 31.1 Å². The Bertz CT molecular complexity index is 1580. The highest BCUT2D eigenvalue weighted by Gasteiger charge is 2.69. The van der Waals surface area contributed by atoms with Gasteiger partial charge in [0.25, 0.3) is 0 Å². The molecule has 3 fully saturated rings. The van der Waals surface area contributed by atoms with Gasteiger partial charge in [-0.05, 0) is 75.2 Å². The van der Waals surface area contributed by atoms with Crippen molar-refractivity contribution in [3.8, 4) is 0 Å². The number of rotatable bonds is 17. The molecule has 3 aliphatic rings. The van der Waals surface area contributed by atoms with E-state index in [0.29, 0.717) is 18.5 Å². The zero-order chi connectivity index (χ0) is 40.0. The highest BCUT2D eigenvalue weighted by Crippen LogP contribution is 2.65. The number of allylic oxidation sites excluding steroid dienone is 1. The number of likely N-dealkylation sites (N-methyl/N-ethyl adjacent to an activating group) is 1. The number of benzene rings is 1. The molecule has 1 saturated heterocycles. The van der Waals surface area contributed by atoms with Crippen LogP contribution in [0.1, 0.15) is 110 Å². The van der Waals surface area contributed by atoms with Crippen LogP contribution in [0.2, 0.25) is 0 Å². The van der Waals surface area contributed by atoms with E-state index in [9.17, 15) is 33.6 Å². The minimum absolute atomic E-state index is 0.0884. The van der Waals surface area contributed by atoms with Gasteiger partial charge in [0, 0.05) is 45.8 Å². The fraction of sp³-hybridized carbons (Fsp3) is 0.643. The maximum absolute atomic E-state index is 14.4. The molecule has 0 radical (unpaired) electrons. The van der Waals surface area contributed by atoms with Gasteiger partial charge in [0.05, 0.1) is 6.04 Å². The molecule has 296 valence electrons. The standard InChI is InChI=1S/C42H60N4O8/c1-9-10-17-28(37(50)30(47)22-23-32(49)43-34(38(51)45(7)8)26-18-13-11-14-19-26)24-31(48)36-33-29(42(33,5)6)25-46(36)39(52)35(27-20-15-12-16-21-27)44-40(53)54-41(2,3)4/h9,11,13-14,18-19,27-29,33-36H,1,10,12,15-17,20-25H2,2-8H3,(H,43,49)(H,44,53)/t28?,29?,33?,34-,35?,36?/m0/s1. The molecule has 4 amide bonds. The van der Waals surface area contributed by atoms with Gasteiger partial charge in [0.2, 0.25) is 23.5 Å². The molecule has 54 heavy (non-hydrogen) atoms. The normalized spacial score (nSPS) is 22.1. The topological polar surface area (TPSA) is 159 Å². The third-order valence-corrected chi connectivity index (χ3v) is 11.4. The molecule has 2 saturated carbocycles. The van der Waals surface area contributed by atoms with Crippen molar-refractivity contribution >= 4 is 41.2 Å². The molecule has 0 bridgehead atoms. The summed E-state index contributed by atoms with van der Waals surface area (Å²) in [4.78, 5) is 97.6. The lowest BCUT2D eigenvalue weighted by Gasteiger charge is -2.37. The summed E-state index contributed by atoms with van der Waals surface area (Å²) in [5, 5.41) is 5.56. The van der Waals surface area contributed by atoms with Gasteiger partial charge < -0.3 is 25.2 Å². The third kappa shape index (κ3) is 10.4. The zero-order valence-corrected chi connectivity index (χ0v) is 33.2. The SMILES string of the molecule is C=CCCC(CC(=O)C1C2C(CN1C(=O)C(NC(=O)OC(C)(C)C)C1CCCCC1)C2(C)C)C(=O)C(=O)CCC(=O)N[C@H](C(=O)N(C)C)c1ccccc1. The largest absolute Gasteiger partial charge is 0.444 e. The average Bonchev–Trinajstić information content (AvgIpc) is 3.42. The Morgan fingerprint density at radius 1 is 0.981 bits per heavy atom. The summed E-state index contributed by atoms with van der Waals surface area (Å²) < 4.78 is 5.53. The van der Waals surface area contributed by atoms with Crippen LogP contribution >= 0.6 is 0 Å². The minimum atomic E-state index is -0.956. The van der Waals surface area contributed by atoms with E-state index in [1.165, 1.54) is 4.90 Å². The second-order valence-corrected chi connectivity index (χ2v) is 17.1. The van der Waals surface area contributed by atoms with Crippen molar-refractivity contribution < 1.29 is 38.3 Å². The fourth-order valence-corrected chi connectivity index (χ4v) is 8.36. The van der Waals surface area contributed by atoms with Gasteiger partial charge in [-0.25, -0.2) is 4.79 Å². The lowest BCUT2D eigenvalue weighted by molar-refractivity contribution is -0.144. The summed E-state index contributed by atoms with van der Waals surface area (Å²) in [6.45, 7) is 13.5. The number of ketones is 3. The number of piperidine rings is 1. The molecule has 2 aliphatic carbocycles. The number of fused-ring (bicyclic) bond motifs is 1. The molecule has 1 aromatic rings. The second-order valence-electron chi connectivity index (χ2n) is 17.1. The summed E-state index contributed by atoms with van der Waals surface area (Å²) >= 11 is 0. The summed E-state index contributed by atoms with van der Waals surface area (Å²) in [7, 11) is 3.16. The molecule has 12 nitrogen and oxygen atoms in total. The first-order valence-electron chi connectivity index (χ1n) is 19.4. The summed E-state index contributed by atoms with van der Waals surface area (Å²) in [6.07, 6.45) is 5.09. The fourth-order valence-electron chi connectivity index (χ4n) is 8.36. The van der Waals surface area contributed by atoms with Crippen molar-refractivity contribution in [2.75, 3.05) is 20.6 Å². The Kier molecular flexibility index (Phi) is 14.0. The van der Waals surface area contributed by atoms with Crippen molar-refractivity contribution in [3.05, 3.63) is 48.6 Å². The van der Waals surface area contributed by atoms with Crippen LogP contribution < -0.4 is 10.6 Å². The van der Waals surface area contributed by atoms with E-state index in [-0.39, 0.29) is 66.4 Å². The highest BCUT2D eigenvalue weighted by atomic mass is 16.6. The van der Waals surface area contributed by atoms with Crippen molar-refractivity contribution in [3.63, 3.8) is 0 Å². The quantitative estimate of drug-likeness (QED) is 0.159. The predicted octanol–water partition coefficient (Wildman–Crippen LogP) is 5.35. The maximum Gasteiger partial charge on any atom is 0.408 e. The summed E-state index contributed by atoms with van der Waals surface area (Å²) in [5.74, 6) is -4.09. The van der Waals surface area contributed by atoms with Crippen molar-refractivity contribution in [2.45, 2.75) is 123 Å². The number of amides is 4. The monoisotopic (exact) mass is 748 g/mol. The molecule has 2 N–H and O–H groups in total. The van der Waals surface area contributed by atoms with E-state index in [1.807, 2.05) is 0 Å². The van der Waals surface area contributed by atoms with Crippen LogP contribution in [0.15, 0.2) is 43.0 Å². The first-order valence-corrected chi connectivity index (χ1v) is 19.4. The number of carbonyl (C=O) groups excluding carboxylic acids is 7. The molecular weight excluding hydrogens is 688 g/mol. The Morgan fingerprint density at radius 3 is 2.22 bits per heavy atom. The minimum Gasteiger partial charge on any atom is -0.444 e. The highest BCUT2D eigenvalue weighted by molar-refractivity contribution is 6.38. The van der Waals surface area contributed by atoms with E-state index in [0.717, 1.165) is 32.1 Å². The van der Waals surface area contributed by atoms with E-state index < -0.39 is 53.2 Å². The number of ether oxygens (including phenoxy) is 1. The number of nitrogens with one attached hydrogen (secondary N) is 2. The lowest BCUT2D eigenvalue weighted by Crippen LogP contribution is -2.57. The van der Waals surface area contributed by atoms with Crippen molar-refractivity contribution in [1.29, 1.82) is 0 Å². The molecule has 0 spiro atoms. The Labute approximate surface area is 320 Å². The van der Waals surface area contributed by atoms with E-state index in [4.69, 9.17) is 4.74 Å². The van der Waals surface area contributed by atoms with Gasteiger partial charge in [-0.3, -0.25) is 28.8 Å². The lowest BCUT2D eigenvalue weighted by atomic mass is 9.82. The van der Waals surface area contributed by atoms with Crippen molar-refractivity contribution in [2.24, 2.45) is 29.1 Å². The van der Waals surface area contributed by atoms with Gasteiger partial charge >= 0.3 is 6.09 Å². The maximum atomic E-state index is 14.4. The van der Waals surface area contributed by atoms with Crippen LogP contribution in [0, 0.1) is 29.1 Å². The van der Waals surface area contributed by atoms with Crippen molar-refractivity contribution in [1.82, 2.24) is 20.4 Å². The van der Waals surface area contributed by atoms with Gasteiger partial charge in [-0.1, -0.05) is 69.5 Å². The number of nitrogens with zero attached hydrogens (tertiary/aromatic N) is 2. The molecule has 5 unspecified atom stereocenters. The van der Waals surface area contributed by atoms with Crippen LogP contribution in [-0.2, 0) is 33.5 Å². The Balaban J connectivity index is 1.47. The first kappa shape index (κ1) is 42.4. The molecule has 1 heterocycles. The summed E-state index contributed by atoms with van der Waals surface area (Å²) in [5.41, 5.74) is -0.363. The second kappa shape index (κ2) is 17.9. The van der Waals surface area contributed by atoms with Crippen LogP contribution in [0.5, 0.6) is 0 Å². The number of likely N-dealkylation sites (tertiary alicyclic amines) is 1. The molecular formula is C42H60N4O8. The predicted molar refractivity (Wildman–Crippen MR) is 204 cm³/mol.